The topological polar surface area (TPSA) is 139 Å². The third-order valence-electron chi connectivity index (χ3n) is 3.51. The lowest BCUT2D eigenvalue weighted by molar-refractivity contribution is 0.220. The Labute approximate surface area is 117 Å². The van der Waals surface area contributed by atoms with Crippen molar-refractivity contribution in [3.8, 4) is 0 Å². The molecule has 0 saturated carbocycles. The summed E-state index contributed by atoms with van der Waals surface area (Å²) in [4.78, 5) is 15.2. The maximum Gasteiger partial charge on any atom is 0.166 e. The number of azide groups is 1. The number of fused-ring (bicyclic) bond motifs is 1. The quantitative estimate of drug-likeness (QED) is 0.493. The number of thioether (sulfide) groups is 1. The number of nitrogens with two attached hydrogens (primary N) is 1. The van der Waals surface area contributed by atoms with Gasteiger partial charge in [-0.25, -0.2) is 15.0 Å². The van der Waals surface area contributed by atoms with Gasteiger partial charge in [-0.3, -0.25) is 0 Å². The molecule has 0 radical (unpaired) electrons. The normalized spacial score (nSPS) is 28.9. The first kappa shape index (κ1) is 13.0. The molecule has 1 fully saturated rings. The molecule has 0 amide bonds. The van der Waals surface area contributed by atoms with E-state index in [1.54, 1.807) is 10.9 Å². The van der Waals surface area contributed by atoms with Gasteiger partial charge >= 0.3 is 0 Å². The third kappa shape index (κ3) is 1.62. The van der Waals surface area contributed by atoms with E-state index in [2.05, 4.69) is 25.0 Å². The van der Waals surface area contributed by atoms with E-state index in [-0.39, 0.29) is 17.2 Å². The highest BCUT2D eigenvalue weighted by Crippen LogP contribution is 2.56. The van der Waals surface area contributed by atoms with Gasteiger partial charge in [-0.2, -0.15) is 0 Å². The number of nitrogen functional groups attached to an aromatic ring is 1. The Morgan fingerprint density at radius 1 is 1.60 bits per heavy atom. The molecule has 10 heteroatoms. The summed E-state index contributed by atoms with van der Waals surface area (Å²) < 4.78 is 1.80. The van der Waals surface area contributed by atoms with Crippen molar-refractivity contribution in [2.24, 2.45) is 5.11 Å². The van der Waals surface area contributed by atoms with Crippen LogP contribution in [0, 0.1) is 0 Å². The van der Waals surface area contributed by atoms with E-state index in [0.29, 0.717) is 17.0 Å². The van der Waals surface area contributed by atoms with Crippen molar-refractivity contribution < 1.29 is 5.11 Å². The van der Waals surface area contributed by atoms with Crippen LogP contribution < -0.4 is 5.73 Å². The molecule has 3 heterocycles. The van der Waals surface area contributed by atoms with E-state index in [1.807, 2.05) is 6.92 Å². The zero-order valence-corrected chi connectivity index (χ0v) is 11.4. The molecule has 9 nitrogen and oxygen atoms in total. The number of nitrogens with zero attached hydrogens (tertiary/aromatic N) is 7. The van der Waals surface area contributed by atoms with Crippen LogP contribution in [0.2, 0.25) is 0 Å². The van der Waals surface area contributed by atoms with Crippen LogP contribution in [0.15, 0.2) is 17.8 Å². The van der Waals surface area contributed by atoms with Crippen LogP contribution in [0.4, 0.5) is 5.82 Å². The monoisotopic (exact) mass is 292 g/mol. The third-order valence-corrected chi connectivity index (χ3v) is 5.43. The van der Waals surface area contributed by atoms with Gasteiger partial charge in [-0.1, -0.05) is 5.11 Å². The van der Waals surface area contributed by atoms with Crippen LogP contribution in [0.1, 0.15) is 12.3 Å². The first-order chi connectivity index (χ1) is 9.61. The predicted octanol–water partition coefficient (Wildman–Crippen LogP) is 1.08. The number of anilines is 1. The lowest BCUT2D eigenvalue weighted by atomic mass is 9.96. The van der Waals surface area contributed by atoms with Gasteiger partial charge in [0.1, 0.15) is 11.8 Å². The van der Waals surface area contributed by atoms with Crippen LogP contribution in [0.3, 0.4) is 0 Å². The number of hydrogen-bond donors (Lipinski definition) is 2. The zero-order chi connectivity index (χ0) is 14.3. The maximum absolute atomic E-state index is 9.35. The van der Waals surface area contributed by atoms with E-state index in [9.17, 15) is 5.11 Å². The second-order valence-corrected chi connectivity index (χ2v) is 5.95. The van der Waals surface area contributed by atoms with Crippen molar-refractivity contribution in [2.45, 2.75) is 23.1 Å². The fraction of sp³-hybridized carbons (Fsp3) is 0.500. The summed E-state index contributed by atoms with van der Waals surface area (Å²) in [5.41, 5.74) is 14.9. The molecule has 1 aliphatic heterocycles. The molecule has 20 heavy (non-hydrogen) atoms. The van der Waals surface area contributed by atoms with Gasteiger partial charge < -0.3 is 15.4 Å². The smallest absolute Gasteiger partial charge is 0.166 e. The second kappa shape index (κ2) is 4.51. The minimum atomic E-state index is -0.735. The fourth-order valence-electron chi connectivity index (χ4n) is 2.34. The van der Waals surface area contributed by atoms with Gasteiger partial charge in [-0.15, -0.1) is 11.8 Å². The first-order valence-corrected chi connectivity index (χ1v) is 6.81. The van der Waals surface area contributed by atoms with Gasteiger partial charge in [0.05, 0.1) is 23.8 Å². The molecular formula is C10H12N8OS. The van der Waals surface area contributed by atoms with E-state index in [0.717, 1.165) is 0 Å². The Hall–Kier alpha value is -2.03. The van der Waals surface area contributed by atoms with Crippen LogP contribution >= 0.6 is 11.8 Å². The maximum atomic E-state index is 9.35. The molecule has 3 atom stereocenters. The lowest BCUT2D eigenvalue weighted by Crippen LogP contribution is -2.53. The van der Waals surface area contributed by atoms with Gasteiger partial charge in [0.2, 0.25) is 0 Å². The number of rotatable bonds is 3. The molecule has 3 rings (SSSR count). The summed E-state index contributed by atoms with van der Waals surface area (Å²) in [6.07, 6.45) is 2.97. The summed E-state index contributed by atoms with van der Waals surface area (Å²) in [6.45, 7) is 1.76. The fourth-order valence-corrected chi connectivity index (χ4v) is 3.74. The first-order valence-electron chi connectivity index (χ1n) is 5.87. The average molecular weight is 292 g/mol. The predicted molar refractivity (Wildman–Crippen MR) is 74.8 cm³/mol. The highest BCUT2D eigenvalue weighted by atomic mass is 32.2. The molecule has 0 aromatic carbocycles. The summed E-state index contributed by atoms with van der Waals surface area (Å²) in [6, 6.07) is 0. The van der Waals surface area contributed by atoms with Crippen LogP contribution in [0.5, 0.6) is 0 Å². The molecule has 2 aromatic heterocycles. The van der Waals surface area contributed by atoms with Crippen molar-refractivity contribution in [3.05, 3.63) is 23.1 Å². The number of imidazole rings is 1. The molecule has 1 saturated heterocycles. The number of aliphatic hydroxyl groups is 1. The zero-order valence-electron chi connectivity index (χ0n) is 10.6. The van der Waals surface area contributed by atoms with Crippen molar-refractivity contribution in [3.63, 3.8) is 0 Å². The van der Waals surface area contributed by atoms with E-state index in [4.69, 9.17) is 11.3 Å². The highest BCUT2D eigenvalue weighted by Gasteiger charge is 2.53. The van der Waals surface area contributed by atoms with E-state index in [1.165, 1.54) is 18.1 Å². The Bertz CT molecular complexity index is 710. The molecule has 104 valence electrons. The average Bonchev–Trinajstić information content (AvgIpc) is 2.84. The highest BCUT2D eigenvalue weighted by molar-refractivity contribution is 8.01. The molecule has 0 spiro atoms. The van der Waals surface area contributed by atoms with Gasteiger partial charge in [0.25, 0.3) is 0 Å². The van der Waals surface area contributed by atoms with Gasteiger partial charge in [0.15, 0.2) is 11.5 Å². The Morgan fingerprint density at radius 2 is 2.40 bits per heavy atom. The molecular weight excluding hydrogens is 280 g/mol. The second-order valence-electron chi connectivity index (χ2n) is 4.66. The minimum Gasteiger partial charge on any atom is -0.395 e. The summed E-state index contributed by atoms with van der Waals surface area (Å²) in [7, 11) is 0. The van der Waals surface area contributed by atoms with Gasteiger partial charge in [-0.05, 0) is 12.5 Å². The standard InChI is InChI=1S/C10H12N8OS/c1-10(16-17-12)5(2-19)20-9(10)18-4-15-6-7(11)13-3-14-8(6)18/h3-5,9,19H,2H2,1H3,(H2,11,13,14)/t5-,9-,10+/m1/s1. The molecule has 0 aliphatic carbocycles. The van der Waals surface area contributed by atoms with Crippen LogP contribution in [-0.4, -0.2) is 42.0 Å². The lowest BCUT2D eigenvalue weighted by Gasteiger charge is -2.49. The Kier molecular flexibility index (Phi) is 2.93. The molecule has 0 bridgehead atoms. The number of hydrogen-bond acceptors (Lipinski definition) is 7. The summed E-state index contributed by atoms with van der Waals surface area (Å²) in [5, 5.41) is 12.9. The van der Waals surface area contributed by atoms with E-state index < -0.39 is 5.54 Å². The molecule has 3 N–H and O–H groups in total. The van der Waals surface area contributed by atoms with Gasteiger partial charge in [0, 0.05) is 10.2 Å². The van der Waals surface area contributed by atoms with Crippen molar-refractivity contribution in [1.29, 1.82) is 0 Å². The Morgan fingerprint density at radius 3 is 3.10 bits per heavy atom. The summed E-state index contributed by atoms with van der Waals surface area (Å²) in [5.74, 6) is 0.308. The van der Waals surface area contributed by atoms with Crippen molar-refractivity contribution in [1.82, 2.24) is 19.5 Å². The molecule has 1 aliphatic rings. The van der Waals surface area contributed by atoms with Crippen molar-refractivity contribution in [2.75, 3.05) is 12.3 Å². The Balaban J connectivity index is 2.08. The van der Waals surface area contributed by atoms with Crippen LogP contribution in [-0.2, 0) is 0 Å². The number of aliphatic hydroxyl groups excluding tert-OH is 1. The SMILES string of the molecule is C[C@]1(N=[N+]=[N-])[C@@H](CO)S[C@H]1n1cnc2c(N)ncnc21. The van der Waals surface area contributed by atoms with Crippen molar-refractivity contribution >= 4 is 28.7 Å². The van der Waals surface area contributed by atoms with Crippen LogP contribution in [0.25, 0.3) is 21.6 Å². The minimum absolute atomic E-state index is 0.0551. The number of aromatic nitrogens is 4. The summed E-state index contributed by atoms with van der Waals surface area (Å²) >= 11 is 1.51. The van der Waals surface area contributed by atoms with E-state index >= 15 is 0 Å². The largest absolute Gasteiger partial charge is 0.395 e. The molecule has 0 unspecified atom stereocenters. The molecule has 2 aromatic rings.